The summed E-state index contributed by atoms with van der Waals surface area (Å²) in [5.74, 6) is 0.274. The van der Waals surface area contributed by atoms with Gasteiger partial charge in [0.1, 0.15) is 6.61 Å². The zero-order valence-corrected chi connectivity index (χ0v) is 13.3. The fourth-order valence-corrected chi connectivity index (χ4v) is 2.25. The van der Waals surface area contributed by atoms with E-state index in [-0.39, 0.29) is 18.4 Å². The molecule has 6 nitrogen and oxygen atoms in total. The lowest BCUT2D eigenvalue weighted by Crippen LogP contribution is -2.47. The third-order valence-electron chi connectivity index (χ3n) is 3.48. The van der Waals surface area contributed by atoms with Gasteiger partial charge in [0.05, 0.1) is 5.88 Å². The Morgan fingerprint density at radius 2 is 1.82 bits per heavy atom. The smallest absolute Gasteiger partial charge is 0.411 e. The third kappa shape index (κ3) is 4.61. The quantitative estimate of drug-likeness (QED) is 0.858. The second-order valence-electron chi connectivity index (χ2n) is 5.12. The van der Waals surface area contributed by atoms with E-state index < -0.39 is 6.09 Å². The number of hydrogen-bond donors (Lipinski definition) is 1. The Morgan fingerprint density at radius 3 is 2.41 bits per heavy atom. The van der Waals surface area contributed by atoms with Gasteiger partial charge in [0, 0.05) is 37.4 Å². The molecule has 1 aliphatic heterocycles. The van der Waals surface area contributed by atoms with Crippen molar-refractivity contribution in [1.82, 2.24) is 9.80 Å². The van der Waals surface area contributed by atoms with Crippen molar-refractivity contribution in [3.8, 4) is 0 Å². The second kappa shape index (κ2) is 8.00. The molecule has 0 unspecified atom stereocenters. The zero-order chi connectivity index (χ0) is 15.9. The standard InChI is InChI=1S/C15H20ClN3O3/c1-18-7-9-19(10-8-18)14(20)12-2-4-13(5-3-12)17-15(21)22-11-6-16/h2-5H,6-11H2,1H3,(H,17,21). The molecule has 0 radical (unpaired) electrons. The van der Waals surface area contributed by atoms with Gasteiger partial charge in [0.15, 0.2) is 0 Å². The lowest BCUT2D eigenvalue weighted by atomic mass is 10.1. The molecular formula is C15H20ClN3O3. The van der Waals surface area contributed by atoms with E-state index in [9.17, 15) is 9.59 Å². The van der Waals surface area contributed by atoms with E-state index in [0.717, 1.165) is 26.2 Å². The van der Waals surface area contributed by atoms with Crippen molar-refractivity contribution < 1.29 is 14.3 Å². The molecule has 1 aromatic rings. The third-order valence-corrected chi connectivity index (χ3v) is 3.63. The van der Waals surface area contributed by atoms with Crippen LogP contribution in [-0.4, -0.2) is 67.5 Å². The minimum Gasteiger partial charge on any atom is -0.448 e. The Balaban J connectivity index is 1.91. The molecule has 0 aromatic heterocycles. The minimum absolute atomic E-state index is 0.0179. The van der Waals surface area contributed by atoms with Crippen LogP contribution in [0, 0.1) is 0 Å². The van der Waals surface area contributed by atoms with E-state index in [1.807, 2.05) is 11.9 Å². The normalized spacial score (nSPS) is 15.5. The lowest BCUT2D eigenvalue weighted by Gasteiger charge is -2.32. The van der Waals surface area contributed by atoms with E-state index in [2.05, 4.69) is 10.2 Å². The molecule has 1 aliphatic rings. The first-order chi connectivity index (χ1) is 10.6. The summed E-state index contributed by atoms with van der Waals surface area (Å²) in [4.78, 5) is 27.8. The number of halogens is 1. The van der Waals surface area contributed by atoms with Crippen LogP contribution in [0.2, 0.25) is 0 Å². The molecule has 0 bridgehead atoms. The van der Waals surface area contributed by atoms with E-state index in [1.165, 1.54) is 0 Å². The molecule has 0 aliphatic carbocycles. The Labute approximate surface area is 135 Å². The Kier molecular flexibility index (Phi) is 6.03. The van der Waals surface area contributed by atoms with E-state index >= 15 is 0 Å². The molecular weight excluding hydrogens is 306 g/mol. The number of piperazine rings is 1. The van der Waals surface area contributed by atoms with Crippen molar-refractivity contribution in [2.24, 2.45) is 0 Å². The SMILES string of the molecule is CN1CCN(C(=O)c2ccc(NC(=O)OCCCl)cc2)CC1. The number of carbonyl (C=O) groups is 2. The van der Waals surface area contributed by atoms with Crippen LogP contribution < -0.4 is 5.32 Å². The van der Waals surface area contributed by atoms with Gasteiger partial charge in [-0.3, -0.25) is 10.1 Å². The van der Waals surface area contributed by atoms with Crippen LogP contribution in [-0.2, 0) is 4.74 Å². The highest BCUT2D eigenvalue weighted by Crippen LogP contribution is 2.13. The number of ether oxygens (including phenoxy) is 1. The van der Waals surface area contributed by atoms with Crippen LogP contribution in [0.15, 0.2) is 24.3 Å². The highest BCUT2D eigenvalue weighted by Gasteiger charge is 2.20. The number of hydrogen-bond acceptors (Lipinski definition) is 4. The maximum atomic E-state index is 12.4. The van der Waals surface area contributed by atoms with Crippen molar-refractivity contribution in [2.45, 2.75) is 0 Å². The number of nitrogens with zero attached hydrogens (tertiary/aromatic N) is 2. The first kappa shape index (κ1) is 16.6. The summed E-state index contributed by atoms with van der Waals surface area (Å²) in [6.45, 7) is 3.41. The molecule has 2 amide bonds. The highest BCUT2D eigenvalue weighted by molar-refractivity contribution is 6.18. The average molecular weight is 326 g/mol. The van der Waals surface area contributed by atoms with Gasteiger partial charge in [0.25, 0.3) is 5.91 Å². The molecule has 7 heteroatoms. The van der Waals surface area contributed by atoms with Gasteiger partial charge in [-0.25, -0.2) is 4.79 Å². The number of anilines is 1. The summed E-state index contributed by atoms with van der Waals surface area (Å²) in [6, 6.07) is 6.78. The predicted molar refractivity (Wildman–Crippen MR) is 85.5 cm³/mol. The van der Waals surface area contributed by atoms with Crippen molar-refractivity contribution in [1.29, 1.82) is 0 Å². The summed E-state index contributed by atoms with van der Waals surface area (Å²) in [7, 11) is 2.05. The number of likely N-dealkylation sites (N-methyl/N-ethyl adjacent to an activating group) is 1. The first-order valence-corrected chi connectivity index (χ1v) is 7.71. The molecule has 1 heterocycles. The lowest BCUT2D eigenvalue weighted by molar-refractivity contribution is 0.0664. The second-order valence-corrected chi connectivity index (χ2v) is 5.50. The van der Waals surface area contributed by atoms with Crippen LogP contribution >= 0.6 is 11.6 Å². The summed E-state index contributed by atoms with van der Waals surface area (Å²) >= 11 is 5.44. The van der Waals surface area contributed by atoms with Crippen LogP contribution in [0.3, 0.4) is 0 Å². The molecule has 0 saturated carbocycles. The van der Waals surface area contributed by atoms with E-state index in [1.54, 1.807) is 24.3 Å². The van der Waals surface area contributed by atoms with Gasteiger partial charge in [-0.1, -0.05) is 0 Å². The largest absolute Gasteiger partial charge is 0.448 e. The number of amides is 2. The topological polar surface area (TPSA) is 61.9 Å². The van der Waals surface area contributed by atoms with Crippen molar-refractivity contribution in [2.75, 3.05) is 51.0 Å². The van der Waals surface area contributed by atoms with Gasteiger partial charge in [-0.05, 0) is 31.3 Å². The van der Waals surface area contributed by atoms with Crippen LogP contribution in [0.4, 0.5) is 10.5 Å². The van der Waals surface area contributed by atoms with Crippen molar-refractivity contribution in [3.63, 3.8) is 0 Å². The number of benzene rings is 1. The zero-order valence-electron chi connectivity index (χ0n) is 12.5. The van der Waals surface area contributed by atoms with E-state index in [0.29, 0.717) is 11.3 Å². The number of nitrogens with one attached hydrogen (secondary N) is 1. The first-order valence-electron chi connectivity index (χ1n) is 7.18. The molecule has 0 spiro atoms. The van der Waals surface area contributed by atoms with Gasteiger partial charge >= 0.3 is 6.09 Å². The molecule has 0 atom stereocenters. The van der Waals surface area contributed by atoms with Gasteiger partial charge in [-0.15, -0.1) is 11.6 Å². The Bertz CT molecular complexity index is 513. The molecule has 1 N–H and O–H groups in total. The van der Waals surface area contributed by atoms with Crippen molar-refractivity contribution in [3.05, 3.63) is 29.8 Å². The molecule has 1 saturated heterocycles. The summed E-state index contributed by atoms with van der Waals surface area (Å²) in [5, 5.41) is 2.58. The summed E-state index contributed by atoms with van der Waals surface area (Å²) in [5.41, 5.74) is 1.19. The van der Waals surface area contributed by atoms with Crippen LogP contribution in [0.25, 0.3) is 0 Å². The van der Waals surface area contributed by atoms with E-state index in [4.69, 9.17) is 16.3 Å². The Hall–Kier alpha value is -1.79. The Morgan fingerprint density at radius 1 is 1.18 bits per heavy atom. The van der Waals surface area contributed by atoms with Crippen molar-refractivity contribution >= 4 is 29.3 Å². The minimum atomic E-state index is -0.557. The van der Waals surface area contributed by atoms with Gasteiger partial charge in [0.2, 0.25) is 0 Å². The fraction of sp³-hybridized carbons (Fsp3) is 0.467. The number of alkyl halides is 1. The molecule has 1 fully saturated rings. The maximum Gasteiger partial charge on any atom is 0.411 e. The molecule has 1 aromatic carbocycles. The fourth-order valence-electron chi connectivity index (χ4n) is 2.17. The number of carbonyl (C=O) groups excluding carboxylic acids is 2. The highest BCUT2D eigenvalue weighted by atomic mass is 35.5. The van der Waals surface area contributed by atoms with Gasteiger partial charge in [-0.2, -0.15) is 0 Å². The maximum absolute atomic E-state index is 12.4. The summed E-state index contributed by atoms with van der Waals surface area (Å²) in [6.07, 6.45) is -0.557. The van der Waals surface area contributed by atoms with Crippen LogP contribution in [0.5, 0.6) is 0 Å². The average Bonchev–Trinajstić information content (AvgIpc) is 2.54. The molecule has 2 rings (SSSR count). The van der Waals surface area contributed by atoms with Crippen LogP contribution in [0.1, 0.15) is 10.4 Å². The molecule has 120 valence electrons. The predicted octanol–water partition coefficient (Wildman–Crippen LogP) is 1.86. The monoisotopic (exact) mass is 325 g/mol. The number of rotatable bonds is 4. The summed E-state index contributed by atoms with van der Waals surface area (Å²) < 4.78 is 4.82. The van der Waals surface area contributed by atoms with Gasteiger partial charge < -0.3 is 14.5 Å². The molecule has 22 heavy (non-hydrogen) atoms.